The third kappa shape index (κ3) is 5.86. The summed E-state index contributed by atoms with van der Waals surface area (Å²) in [5.41, 5.74) is -2.06. The summed E-state index contributed by atoms with van der Waals surface area (Å²) in [7, 11) is 0. The van der Waals surface area contributed by atoms with Crippen LogP contribution in [-0.4, -0.2) is 39.7 Å². The van der Waals surface area contributed by atoms with E-state index >= 15 is 0 Å². The zero-order valence-electron chi connectivity index (χ0n) is 18.2. The molecule has 2 saturated carbocycles. The summed E-state index contributed by atoms with van der Waals surface area (Å²) in [5.74, 6) is -0.258. The van der Waals surface area contributed by atoms with Crippen LogP contribution in [-0.2, 0) is 14.3 Å². The first kappa shape index (κ1) is 22.0. The van der Waals surface area contributed by atoms with Crippen molar-refractivity contribution in [3.8, 4) is 0 Å². The van der Waals surface area contributed by atoms with Gasteiger partial charge in [0.25, 0.3) is 0 Å². The molecular formula is C22H39NO4. The average molecular weight is 382 g/mol. The predicted molar refractivity (Wildman–Crippen MR) is 107 cm³/mol. The minimum atomic E-state index is -0.893. The summed E-state index contributed by atoms with van der Waals surface area (Å²) in [6.07, 6.45) is 9.18. The molecule has 0 bridgehead atoms. The second kappa shape index (κ2) is 8.40. The van der Waals surface area contributed by atoms with E-state index in [1.165, 1.54) is 6.42 Å². The Morgan fingerprint density at radius 3 is 1.74 bits per heavy atom. The SMILES string of the molecule is CC(C)(C)OC(=O)N(C1CCCCC1)C1(C(=O)OC(C)(C)C)CCCCC1. The second-order valence-electron chi connectivity index (χ2n) is 10.2. The first-order chi connectivity index (χ1) is 12.4. The molecule has 0 unspecified atom stereocenters. The van der Waals surface area contributed by atoms with Gasteiger partial charge in [-0.1, -0.05) is 38.5 Å². The van der Waals surface area contributed by atoms with Gasteiger partial charge in [0.1, 0.15) is 16.7 Å². The molecule has 2 fully saturated rings. The largest absolute Gasteiger partial charge is 0.458 e. The van der Waals surface area contributed by atoms with E-state index in [4.69, 9.17) is 9.47 Å². The summed E-state index contributed by atoms with van der Waals surface area (Å²) in [6.45, 7) is 11.3. The number of hydrogen-bond donors (Lipinski definition) is 0. The van der Waals surface area contributed by atoms with Gasteiger partial charge in [-0.2, -0.15) is 0 Å². The monoisotopic (exact) mass is 381 g/mol. The van der Waals surface area contributed by atoms with Gasteiger partial charge in [0.15, 0.2) is 0 Å². The Balaban J connectivity index is 2.42. The standard InChI is InChI=1S/C22H39NO4/c1-20(2,3)26-18(24)22(15-11-8-12-16-22)23(17-13-9-7-10-14-17)19(25)27-21(4,5)6/h17H,7-16H2,1-6H3. The summed E-state index contributed by atoms with van der Waals surface area (Å²) in [5, 5.41) is 0. The van der Waals surface area contributed by atoms with Gasteiger partial charge in [0, 0.05) is 6.04 Å². The highest BCUT2D eigenvalue weighted by atomic mass is 16.6. The molecule has 0 aliphatic heterocycles. The zero-order valence-corrected chi connectivity index (χ0v) is 18.2. The van der Waals surface area contributed by atoms with Crippen LogP contribution in [0.3, 0.4) is 0 Å². The highest BCUT2D eigenvalue weighted by Gasteiger charge is 2.52. The van der Waals surface area contributed by atoms with Crippen molar-refractivity contribution < 1.29 is 19.1 Å². The highest BCUT2D eigenvalue weighted by Crippen LogP contribution is 2.41. The lowest BCUT2D eigenvalue weighted by molar-refractivity contribution is -0.174. The van der Waals surface area contributed by atoms with E-state index in [1.54, 1.807) is 0 Å². The molecule has 0 radical (unpaired) electrons. The molecule has 2 aliphatic rings. The summed E-state index contributed by atoms with van der Waals surface area (Å²) >= 11 is 0. The quantitative estimate of drug-likeness (QED) is 0.597. The summed E-state index contributed by atoms with van der Waals surface area (Å²) < 4.78 is 11.6. The van der Waals surface area contributed by atoms with Crippen molar-refractivity contribution >= 4 is 12.1 Å². The Kier molecular flexibility index (Phi) is 6.86. The maximum Gasteiger partial charge on any atom is 0.411 e. The van der Waals surface area contributed by atoms with Crippen LogP contribution in [0.25, 0.3) is 0 Å². The zero-order chi connectivity index (χ0) is 20.3. The van der Waals surface area contributed by atoms with Gasteiger partial charge in [-0.3, -0.25) is 4.90 Å². The lowest BCUT2D eigenvalue weighted by Crippen LogP contribution is -2.63. The number of carbonyl (C=O) groups excluding carboxylic acids is 2. The maximum absolute atomic E-state index is 13.4. The van der Waals surface area contributed by atoms with Gasteiger partial charge in [0.2, 0.25) is 0 Å². The van der Waals surface area contributed by atoms with E-state index in [-0.39, 0.29) is 18.1 Å². The molecule has 0 atom stereocenters. The molecule has 2 rings (SSSR count). The fraction of sp³-hybridized carbons (Fsp3) is 0.909. The van der Waals surface area contributed by atoms with E-state index in [9.17, 15) is 9.59 Å². The summed E-state index contributed by atoms with van der Waals surface area (Å²) in [6, 6.07) is 0.0548. The van der Waals surface area contributed by atoms with Crippen molar-refractivity contribution in [2.45, 2.75) is 129 Å². The molecule has 0 N–H and O–H groups in total. The number of rotatable bonds is 3. The smallest absolute Gasteiger partial charge is 0.411 e. The first-order valence-corrected chi connectivity index (χ1v) is 10.7. The van der Waals surface area contributed by atoms with Crippen LogP contribution < -0.4 is 0 Å². The van der Waals surface area contributed by atoms with Crippen molar-refractivity contribution in [3.05, 3.63) is 0 Å². The Hall–Kier alpha value is -1.26. The van der Waals surface area contributed by atoms with E-state index in [0.717, 1.165) is 44.9 Å². The number of nitrogens with zero attached hydrogens (tertiary/aromatic N) is 1. The molecule has 1 amide bonds. The van der Waals surface area contributed by atoms with E-state index in [2.05, 4.69) is 0 Å². The van der Waals surface area contributed by atoms with Crippen molar-refractivity contribution in [3.63, 3.8) is 0 Å². The number of hydrogen-bond acceptors (Lipinski definition) is 4. The Morgan fingerprint density at radius 2 is 1.26 bits per heavy atom. The fourth-order valence-corrected chi connectivity index (χ4v) is 4.38. The maximum atomic E-state index is 13.4. The molecule has 0 aromatic rings. The molecule has 0 aromatic carbocycles. The topological polar surface area (TPSA) is 55.8 Å². The molecule has 27 heavy (non-hydrogen) atoms. The van der Waals surface area contributed by atoms with Crippen LogP contribution in [0.4, 0.5) is 4.79 Å². The van der Waals surface area contributed by atoms with E-state index in [1.807, 2.05) is 46.4 Å². The Labute approximate surface area is 165 Å². The van der Waals surface area contributed by atoms with Crippen molar-refractivity contribution in [2.75, 3.05) is 0 Å². The lowest BCUT2D eigenvalue weighted by atomic mass is 9.78. The molecule has 0 aromatic heterocycles. The van der Waals surface area contributed by atoms with Gasteiger partial charge in [-0.15, -0.1) is 0 Å². The highest BCUT2D eigenvalue weighted by molar-refractivity contribution is 5.86. The average Bonchev–Trinajstić information content (AvgIpc) is 2.53. The normalized spacial score (nSPS) is 21.4. The van der Waals surface area contributed by atoms with Crippen LogP contribution >= 0.6 is 0 Å². The van der Waals surface area contributed by atoms with Crippen molar-refractivity contribution in [1.82, 2.24) is 4.90 Å². The lowest BCUT2D eigenvalue weighted by Gasteiger charge is -2.49. The summed E-state index contributed by atoms with van der Waals surface area (Å²) in [4.78, 5) is 28.6. The molecule has 0 saturated heterocycles. The molecular weight excluding hydrogens is 342 g/mol. The first-order valence-electron chi connectivity index (χ1n) is 10.7. The van der Waals surface area contributed by atoms with Crippen LogP contribution in [0.5, 0.6) is 0 Å². The van der Waals surface area contributed by atoms with Crippen LogP contribution in [0.2, 0.25) is 0 Å². The van der Waals surface area contributed by atoms with Gasteiger partial charge >= 0.3 is 12.1 Å². The number of esters is 1. The van der Waals surface area contributed by atoms with Crippen LogP contribution in [0.1, 0.15) is 106 Å². The van der Waals surface area contributed by atoms with Gasteiger partial charge in [-0.25, -0.2) is 9.59 Å². The predicted octanol–water partition coefficient (Wildman–Crippen LogP) is 5.60. The minimum Gasteiger partial charge on any atom is -0.458 e. The van der Waals surface area contributed by atoms with Crippen LogP contribution in [0, 0.1) is 0 Å². The van der Waals surface area contributed by atoms with Gasteiger partial charge < -0.3 is 9.47 Å². The molecule has 0 heterocycles. The third-order valence-electron chi connectivity index (χ3n) is 5.45. The third-order valence-corrected chi connectivity index (χ3v) is 5.45. The molecule has 0 spiro atoms. The Morgan fingerprint density at radius 1 is 0.778 bits per heavy atom. The fourth-order valence-electron chi connectivity index (χ4n) is 4.38. The van der Waals surface area contributed by atoms with Gasteiger partial charge in [0.05, 0.1) is 0 Å². The Bertz CT molecular complexity index is 517. The van der Waals surface area contributed by atoms with Gasteiger partial charge in [-0.05, 0) is 67.2 Å². The minimum absolute atomic E-state index is 0.0548. The molecule has 2 aliphatic carbocycles. The van der Waals surface area contributed by atoms with E-state index in [0.29, 0.717) is 12.8 Å². The molecule has 5 nitrogen and oxygen atoms in total. The number of amides is 1. The molecule has 156 valence electrons. The second-order valence-corrected chi connectivity index (χ2v) is 10.2. The molecule has 5 heteroatoms. The van der Waals surface area contributed by atoms with E-state index < -0.39 is 16.7 Å². The van der Waals surface area contributed by atoms with Crippen molar-refractivity contribution in [2.24, 2.45) is 0 Å². The van der Waals surface area contributed by atoms with Crippen molar-refractivity contribution in [1.29, 1.82) is 0 Å². The number of carbonyl (C=O) groups is 2. The number of ether oxygens (including phenoxy) is 2. The van der Waals surface area contributed by atoms with Crippen LogP contribution in [0.15, 0.2) is 0 Å².